The van der Waals surface area contributed by atoms with Gasteiger partial charge in [0.05, 0.1) is 6.20 Å². The Bertz CT molecular complexity index is 356. The molecule has 1 rings (SSSR count). The highest BCUT2D eigenvalue weighted by molar-refractivity contribution is 5.74. The Morgan fingerprint density at radius 3 is 2.60 bits per heavy atom. The fraction of sp³-hybridized carbons (Fsp3) is 0.600. The van der Waals surface area contributed by atoms with Crippen LogP contribution in [0.5, 0.6) is 0 Å². The van der Waals surface area contributed by atoms with E-state index < -0.39 is 17.5 Å². The smallest absolute Gasteiger partial charge is 0.333 e. The van der Waals surface area contributed by atoms with Crippen LogP contribution in [0.4, 0.5) is 0 Å². The minimum absolute atomic E-state index is 0.614. The number of hydrogen-bond donors (Lipinski definition) is 1. The van der Waals surface area contributed by atoms with E-state index in [0.717, 1.165) is 5.56 Å². The van der Waals surface area contributed by atoms with Crippen LogP contribution in [0.3, 0.4) is 0 Å². The Labute approximate surface area is 88.0 Å². The maximum atomic E-state index is 11.0. The highest BCUT2D eigenvalue weighted by Gasteiger charge is 2.39. The van der Waals surface area contributed by atoms with Crippen molar-refractivity contribution < 1.29 is 19.2 Å². The zero-order valence-electron chi connectivity index (χ0n) is 9.27. The van der Waals surface area contributed by atoms with Crippen molar-refractivity contribution in [1.82, 2.24) is 5.16 Å². The molecule has 0 aliphatic carbocycles. The van der Waals surface area contributed by atoms with Gasteiger partial charge in [0.2, 0.25) is 0 Å². The number of carboxylic acids is 1. The topological polar surface area (TPSA) is 72.6 Å². The monoisotopic (exact) mass is 213 g/mol. The molecule has 5 nitrogen and oxygen atoms in total. The lowest BCUT2D eigenvalue weighted by Gasteiger charge is -2.29. The number of aromatic nitrogens is 1. The molecular formula is C10H15NO4. The molecule has 1 unspecified atom stereocenters. The number of methoxy groups -OCH3 is 1. The molecule has 0 bridgehead atoms. The average Bonchev–Trinajstić information content (AvgIpc) is 2.51. The predicted octanol–water partition coefficient (Wildman–Crippen LogP) is 1.36. The molecule has 0 radical (unpaired) electrons. The fourth-order valence-electron chi connectivity index (χ4n) is 1.76. The van der Waals surface area contributed by atoms with Crippen molar-refractivity contribution in [2.45, 2.75) is 32.3 Å². The van der Waals surface area contributed by atoms with Gasteiger partial charge in [-0.15, -0.1) is 0 Å². The second-order valence-electron chi connectivity index (χ2n) is 3.97. The molecule has 0 aliphatic rings. The molecule has 1 aromatic heterocycles. The van der Waals surface area contributed by atoms with Crippen LogP contribution in [0.15, 0.2) is 10.7 Å². The van der Waals surface area contributed by atoms with Crippen molar-refractivity contribution in [2.24, 2.45) is 0 Å². The number of nitrogens with zero attached hydrogens (tertiary/aromatic N) is 1. The molecule has 0 fully saturated rings. The first kappa shape index (κ1) is 11.7. The van der Waals surface area contributed by atoms with Crippen LogP contribution < -0.4 is 0 Å². The first-order chi connectivity index (χ1) is 6.91. The Morgan fingerprint density at radius 2 is 2.27 bits per heavy atom. The van der Waals surface area contributed by atoms with Crippen LogP contribution in [0.2, 0.25) is 0 Å². The molecule has 1 atom stereocenters. The number of carbonyl (C=O) groups is 1. The number of aliphatic carboxylic acids is 1. The van der Waals surface area contributed by atoms with Gasteiger partial charge in [-0.25, -0.2) is 4.79 Å². The molecule has 1 N–H and O–H groups in total. The summed E-state index contributed by atoms with van der Waals surface area (Å²) in [7, 11) is 1.38. The third-order valence-electron chi connectivity index (χ3n) is 2.56. The lowest BCUT2D eigenvalue weighted by atomic mass is 9.79. The lowest BCUT2D eigenvalue weighted by molar-refractivity contribution is -0.152. The molecule has 0 aromatic carbocycles. The van der Waals surface area contributed by atoms with E-state index in [4.69, 9.17) is 14.4 Å². The highest BCUT2D eigenvalue weighted by Crippen LogP contribution is 2.31. The van der Waals surface area contributed by atoms with E-state index >= 15 is 0 Å². The molecule has 0 aliphatic heterocycles. The standard InChI is InChI=1S/C10H15NO4/c1-6-7(5-11-15-6)10(2,3)8(14-4)9(12)13/h5,8H,1-4H3,(H,12,13). The van der Waals surface area contributed by atoms with E-state index in [-0.39, 0.29) is 0 Å². The van der Waals surface area contributed by atoms with Gasteiger partial charge in [0, 0.05) is 18.1 Å². The maximum absolute atomic E-state index is 11.0. The number of rotatable bonds is 4. The number of ether oxygens (including phenoxy) is 1. The van der Waals surface area contributed by atoms with E-state index in [2.05, 4.69) is 5.16 Å². The van der Waals surface area contributed by atoms with Crippen LogP contribution in [0.25, 0.3) is 0 Å². The molecule has 0 saturated heterocycles. The normalized spacial score (nSPS) is 13.9. The average molecular weight is 213 g/mol. The van der Waals surface area contributed by atoms with E-state index in [9.17, 15) is 4.79 Å². The fourth-order valence-corrected chi connectivity index (χ4v) is 1.76. The van der Waals surface area contributed by atoms with Crippen LogP contribution in [-0.4, -0.2) is 29.4 Å². The van der Waals surface area contributed by atoms with Crippen molar-refractivity contribution in [3.05, 3.63) is 17.5 Å². The summed E-state index contributed by atoms with van der Waals surface area (Å²) >= 11 is 0. The molecule has 5 heteroatoms. The Kier molecular flexibility index (Phi) is 3.14. The second kappa shape index (κ2) is 4.02. The van der Waals surface area contributed by atoms with Crippen molar-refractivity contribution in [3.63, 3.8) is 0 Å². The summed E-state index contributed by atoms with van der Waals surface area (Å²) in [5, 5.41) is 12.7. The van der Waals surface area contributed by atoms with E-state index in [1.807, 2.05) is 0 Å². The molecule has 0 spiro atoms. The summed E-state index contributed by atoms with van der Waals surface area (Å²) in [6.07, 6.45) is 0.611. The SMILES string of the molecule is COC(C(=O)O)C(C)(C)c1cnoc1C. The van der Waals surface area contributed by atoms with Crippen molar-refractivity contribution in [3.8, 4) is 0 Å². The van der Waals surface area contributed by atoms with Gasteiger partial charge in [0.1, 0.15) is 5.76 Å². The van der Waals surface area contributed by atoms with Crippen LogP contribution in [0.1, 0.15) is 25.2 Å². The summed E-state index contributed by atoms with van der Waals surface area (Å²) in [4.78, 5) is 11.0. The first-order valence-corrected chi connectivity index (χ1v) is 4.58. The van der Waals surface area contributed by atoms with E-state index in [0.29, 0.717) is 5.76 Å². The Morgan fingerprint density at radius 1 is 1.67 bits per heavy atom. The van der Waals surface area contributed by atoms with Gasteiger partial charge in [-0.3, -0.25) is 0 Å². The minimum atomic E-state index is -0.997. The first-order valence-electron chi connectivity index (χ1n) is 4.58. The van der Waals surface area contributed by atoms with E-state index in [1.54, 1.807) is 20.8 Å². The van der Waals surface area contributed by atoms with Crippen LogP contribution in [0, 0.1) is 6.92 Å². The quantitative estimate of drug-likeness (QED) is 0.817. The predicted molar refractivity (Wildman–Crippen MR) is 52.7 cm³/mol. The lowest BCUT2D eigenvalue weighted by Crippen LogP contribution is -2.41. The third-order valence-corrected chi connectivity index (χ3v) is 2.56. The van der Waals surface area contributed by atoms with Gasteiger partial charge in [0.15, 0.2) is 6.10 Å². The zero-order chi connectivity index (χ0) is 11.6. The molecule has 1 heterocycles. The Balaban J connectivity index is 3.11. The van der Waals surface area contributed by atoms with Crippen molar-refractivity contribution in [2.75, 3.05) is 7.11 Å². The number of hydrogen-bond acceptors (Lipinski definition) is 4. The second-order valence-corrected chi connectivity index (χ2v) is 3.97. The van der Waals surface area contributed by atoms with Crippen molar-refractivity contribution >= 4 is 5.97 Å². The largest absolute Gasteiger partial charge is 0.479 e. The maximum Gasteiger partial charge on any atom is 0.333 e. The van der Waals surface area contributed by atoms with Crippen LogP contribution in [-0.2, 0) is 14.9 Å². The van der Waals surface area contributed by atoms with Gasteiger partial charge in [0.25, 0.3) is 0 Å². The summed E-state index contributed by atoms with van der Waals surface area (Å²) in [5.74, 6) is -0.383. The minimum Gasteiger partial charge on any atom is -0.479 e. The summed E-state index contributed by atoms with van der Waals surface area (Å²) in [6.45, 7) is 5.32. The van der Waals surface area contributed by atoms with Gasteiger partial charge in [-0.2, -0.15) is 0 Å². The van der Waals surface area contributed by atoms with Crippen LogP contribution >= 0.6 is 0 Å². The van der Waals surface area contributed by atoms with Crippen molar-refractivity contribution in [1.29, 1.82) is 0 Å². The van der Waals surface area contributed by atoms with E-state index in [1.165, 1.54) is 13.3 Å². The summed E-state index contributed by atoms with van der Waals surface area (Å²) < 4.78 is 9.91. The van der Waals surface area contributed by atoms with Gasteiger partial charge >= 0.3 is 5.97 Å². The summed E-state index contributed by atoms with van der Waals surface area (Å²) in [5.41, 5.74) is 0.0711. The summed E-state index contributed by atoms with van der Waals surface area (Å²) in [6, 6.07) is 0. The molecule has 84 valence electrons. The van der Waals surface area contributed by atoms with Gasteiger partial charge in [-0.05, 0) is 6.92 Å². The number of carboxylic acid groups (broad SMARTS) is 1. The van der Waals surface area contributed by atoms with Gasteiger partial charge < -0.3 is 14.4 Å². The molecule has 0 saturated carbocycles. The highest BCUT2D eigenvalue weighted by atomic mass is 16.5. The zero-order valence-corrected chi connectivity index (χ0v) is 9.27. The molecule has 1 aromatic rings. The number of aryl methyl sites for hydroxylation is 1. The molecule has 15 heavy (non-hydrogen) atoms. The van der Waals surface area contributed by atoms with Gasteiger partial charge in [-0.1, -0.05) is 19.0 Å². The third kappa shape index (κ3) is 2.02. The Hall–Kier alpha value is -1.36. The molecular weight excluding hydrogens is 198 g/mol. The molecule has 0 amide bonds.